The number of benzene rings is 1. The first-order valence-electron chi connectivity index (χ1n) is 5.24. The largest absolute Gasteiger partial charge is 0.493 e. The van der Waals surface area contributed by atoms with Crippen LogP contribution in [-0.4, -0.2) is 12.4 Å². The van der Waals surface area contributed by atoms with Crippen LogP contribution >= 0.6 is 15.9 Å². The lowest BCUT2D eigenvalue weighted by Gasteiger charge is -2.08. The minimum absolute atomic E-state index is 0.0291. The van der Waals surface area contributed by atoms with Gasteiger partial charge in [-0.1, -0.05) is 22.9 Å². The van der Waals surface area contributed by atoms with Crippen LogP contribution in [0.5, 0.6) is 5.75 Å². The highest BCUT2D eigenvalue weighted by Gasteiger charge is 2.01. The third-order valence-electron chi connectivity index (χ3n) is 1.93. The summed E-state index contributed by atoms with van der Waals surface area (Å²) in [6.07, 6.45) is 4.28. The zero-order valence-corrected chi connectivity index (χ0v) is 11.1. The summed E-state index contributed by atoms with van der Waals surface area (Å²) in [7, 11) is 0. The van der Waals surface area contributed by atoms with Gasteiger partial charge in [-0.15, -0.1) is 0 Å². The third kappa shape index (κ3) is 4.19. The molecule has 0 aliphatic rings. The molecular weight excluding hydrogens is 268 g/mol. The lowest BCUT2D eigenvalue weighted by atomic mass is 10.2. The van der Waals surface area contributed by atoms with Gasteiger partial charge in [0, 0.05) is 10.0 Å². The molecule has 1 aromatic rings. The number of halogens is 1. The Hall–Kier alpha value is -1.09. The van der Waals surface area contributed by atoms with Gasteiger partial charge >= 0.3 is 0 Å². The molecule has 3 heteroatoms. The van der Waals surface area contributed by atoms with Crippen LogP contribution in [0.2, 0.25) is 0 Å². The van der Waals surface area contributed by atoms with Gasteiger partial charge in [0.15, 0.2) is 5.78 Å². The van der Waals surface area contributed by atoms with Crippen molar-refractivity contribution < 1.29 is 9.53 Å². The Labute approximate surface area is 104 Å². The van der Waals surface area contributed by atoms with Crippen LogP contribution in [0.15, 0.2) is 28.7 Å². The average Bonchev–Trinajstić information content (AvgIpc) is 2.25. The molecule has 1 rings (SSSR count). The lowest BCUT2D eigenvalue weighted by Crippen LogP contribution is -1.96. The van der Waals surface area contributed by atoms with Crippen molar-refractivity contribution in [3.8, 4) is 5.75 Å². The fourth-order valence-corrected chi connectivity index (χ4v) is 1.58. The number of ketones is 1. The summed E-state index contributed by atoms with van der Waals surface area (Å²) in [5.41, 5.74) is 0.915. The van der Waals surface area contributed by atoms with Crippen LogP contribution in [0.4, 0.5) is 0 Å². The standard InChI is InChI=1S/C13H15BrO2/c1-3-8-16-13-7-6-12(14)9-11(13)5-4-10(2)15/h4-7,9H,3,8H2,1-2H3. The SMILES string of the molecule is CCCOc1ccc(Br)cc1C=CC(C)=O. The van der Waals surface area contributed by atoms with E-state index in [1.54, 1.807) is 12.2 Å². The van der Waals surface area contributed by atoms with E-state index >= 15 is 0 Å². The molecule has 0 unspecified atom stereocenters. The number of carbonyl (C=O) groups excluding carboxylic acids is 1. The Kier molecular flexibility index (Phi) is 5.26. The predicted molar refractivity (Wildman–Crippen MR) is 69.6 cm³/mol. The summed E-state index contributed by atoms with van der Waals surface area (Å²) in [5, 5.41) is 0. The highest BCUT2D eigenvalue weighted by Crippen LogP contribution is 2.24. The highest BCUT2D eigenvalue weighted by atomic mass is 79.9. The normalized spacial score (nSPS) is 10.7. The number of rotatable bonds is 5. The molecule has 0 aromatic heterocycles. The molecule has 1 aromatic carbocycles. The van der Waals surface area contributed by atoms with Crippen LogP contribution in [-0.2, 0) is 4.79 Å². The highest BCUT2D eigenvalue weighted by molar-refractivity contribution is 9.10. The second-order valence-corrected chi connectivity index (χ2v) is 4.39. The van der Waals surface area contributed by atoms with Gasteiger partial charge in [-0.2, -0.15) is 0 Å². The van der Waals surface area contributed by atoms with Gasteiger partial charge in [0.1, 0.15) is 5.75 Å². The van der Waals surface area contributed by atoms with Crippen LogP contribution in [0.3, 0.4) is 0 Å². The van der Waals surface area contributed by atoms with Crippen LogP contribution in [0, 0.1) is 0 Å². The van der Waals surface area contributed by atoms with Crippen LogP contribution < -0.4 is 4.74 Å². The van der Waals surface area contributed by atoms with E-state index in [9.17, 15) is 4.79 Å². The molecule has 86 valence electrons. The first-order chi connectivity index (χ1) is 7.63. The van der Waals surface area contributed by atoms with Crippen LogP contribution in [0.1, 0.15) is 25.8 Å². The molecule has 0 heterocycles. The van der Waals surface area contributed by atoms with Crippen molar-refractivity contribution in [3.63, 3.8) is 0 Å². The molecule has 0 amide bonds. The molecular formula is C13H15BrO2. The van der Waals surface area contributed by atoms with E-state index in [1.165, 1.54) is 6.92 Å². The molecule has 0 fully saturated rings. The minimum Gasteiger partial charge on any atom is -0.493 e. The molecule has 0 atom stereocenters. The molecule has 0 spiro atoms. The van der Waals surface area contributed by atoms with Gasteiger partial charge in [-0.25, -0.2) is 0 Å². The maximum atomic E-state index is 10.9. The van der Waals surface area contributed by atoms with Gasteiger partial charge < -0.3 is 4.74 Å². The summed E-state index contributed by atoms with van der Waals surface area (Å²) in [4.78, 5) is 10.9. The Morgan fingerprint density at radius 3 is 2.88 bits per heavy atom. The van der Waals surface area contributed by atoms with E-state index in [-0.39, 0.29) is 5.78 Å². The van der Waals surface area contributed by atoms with Crippen molar-refractivity contribution in [1.82, 2.24) is 0 Å². The molecule has 0 aliphatic heterocycles. The van der Waals surface area contributed by atoms with E-state index < -0.39 is 0 Å². The van der Waals surface area contributed by atoms with E-state index in [0.29, 0.717) is 6.61 Å². The second-order valence-electron chi connectivity index (χ2n) is 3.47. The average molecular weight is 283 g/mol. The Balaban J connectivity index is 2.93. The molecule has 0 aliphatic carbocycles. The topological polar surface area (TPSA) is 26.3 Å². The number of carbonyl (C=O) groups is 1. The fraction of sp³-hybridized carbons (Fsp3) is 0.308. The molecule has 0 N–H and O–H groups in total. The lowest BCUT2D eigenvalue weighted by molar-refractivity contribution is -0.112. The van der Waals surface area contributed by atoms with Crippen molar-refractivity contribution in [2.45, 2.75) is 20.3 Å². The monoisotopic (exact) mass is 282 g/mol. The summed E-state index contributed by atoms with van der Waals surface area (Å²) in [6.45, 7) is 4.27. The quantitative estimate of drug-likeness (QED) is 0.767. The number of ether oxygens (including phenoxy) is 1. The zero-order valence-electron chi connectivity index (χ0n) is 9.50. The maximum Gasteiger partial charge on any atom is 0.152 e. The maximum absolute atomic E-state index is 10.9. The van der Waals surface area contributed by atoms with Gasteiger partial charge in [0.2, 0.25) is 0 Å². The van der Waals surface area contributed by atoms with E-state index in [0.717, 1.165) is 22.2 Å². The third-order valence-corrected chi connectivity index (χ3v) is 2.42. The fourth-order valence-electron chi connectivity index (χ4n) is 1.20. The number of hydrogen-bond donors (Lipinski definition) is 0. The zero-order chi connectivity index (χ0) is 12.0. The molecule has 16 heavy (non-hydrogen) atoms. The van der Waals surface area contributed by atoms with Crippen molar-refractivity contribution in [2.24, 2.45) is 0 Å². The summed E-state index contributed by atoms with van der Waals surface area (Å²) in [6, 6.07) is 5.76. The smallest absolute Gasteiger partial charge is 0.152 e. The van der Waals surface area contributed by atoms with Crippen molar-refractivity contribution in [2.75, 3.05) is 6.61 Å². The van der Waals surface area contributed by atoms with Crippen LogP contribution in [0.25, 0.3) is 6.08 Å². The molecule has 2 nitrogen and oxygen atoms in total. The van der Waals surface area contributed by atoms with E-state index in [1.807, 2.05) is 18.2 Å². The molecule has 0 saturated carbocycles. The number of hydrogen-bond acceptors (Lipinski definition) is 2. The summed E-state index contributed by atoms with van der Waals surface area (Å²) < 4.78 is 6.56. The first-order valence-corrected chi connectivity index (χ1v) is 6.03. The van der Waals surface area contributed by atoms with E-state index in [4.69, 9.17) is 4.74 Å². The second kappa shape index (κ2) is 6.48. The van der Waals surface area contributed by atoms with Crippen molar-refractivity contribution >= 4 is 27.8 Å². The van der Waals surface area contributed by atoms with Gasteiger partial charge in [-0.05, 0) is 43.7 Å². The van der Waals surface area contributed by atoms with Gasteiger partial charge in [-0.3, -0.25) is 4.79 Å². The van der Waals surface area contributed by atoms with Crippen molar-refractivity contribution in [1.29, 1.82) is 0 Å². The first kappa shape index (κ1) is 13.0. The van der Waals surface area contributed by atoms with Gasteiger partial charge in [0.05, 0.1) is 6.61 Å². The Morgan fingerprint density at radius 2 is 2.25 bits per heavy atom. The van der Waals surface area contributed by atoms with E-state index in [2.05, 4.69) is 22.9 Å². The Morgan fingerprint density at radius 1 is 1.50 bits per heavy atom. The predicted octanol–water partition coefficient (Wildman–Crippen LogP) is 3.84. The summed E-state index contributed by atoms with van der Waals surface area (Å²) >= 11 is 3.40. The molecule has 0 saturated heterocycles. The molecule has 0 radical (unpaired) electrons. The Bertz CT molecular complexity index is 397. The minimum atomic E-state index is 0.0291. The van der Waals surface area contributed by atoms with Gasteiger partial charge in [0.25, 0.3) is 0 Å². The number of allylic oxidation sites excluding steroid dienone is 1. The van der Waals surface area contributed by atoms with Crippen molar-refractivity contribution in [3.05, 3.63) is 34.3 Å². The summed E-state index contributed by atoms with van der Waals surface area (Å²) in [5.74, 6) is 0.837. The molecule has 0 bridgehead atoms.